The fourth-order valence-corrected chi connectivity index (χ4v) is 1.96. The predicted molar refractivity (Wildman–Crippen MR) is 66.8 cm³/mol. The summed E-state index contributed by atoms with van der Waals surface area (Å²) in [6.45, 7) is 0. The number of nitrogens with one attached hydrogen (secondary N) is 1. The normalized spacial score (nSPS) is 10.2. The van der Waals surface area contributed by atoms with Crippen LogP contribution in [0, 0.1) is 0 Å². The van der Waals surface area contributed by atoms with Gasteiger partial charge in [0.15, 0.2) is 0 Å². The number of nitrogens with zero attached hydrogens (tertiary/aromatic N) is 1. The molecule has 0 fully saturated rings. The summed E-state index contributed by atoms with van der Waals surface area (Å²) in [5, 5.41) is 6.60. The minimum absolute atomic E-state index is 0.284. The number of hydrogen-bond donors (Lipinski definition) is 2. The lowest BCUT2D eigenvalue weighted by Crippen LogP contribution is -2.10. The smallest absolute Gasteiger partial charge is 0.266 e. The van der Waals surface area contributed by atoms with Crippen molar-refractivity contribution in [1.82, 2.24) is 10.2 Å². The zero-order chi connectivity index (χ0) is 12.4. The number of primary amides is 1. The maximum absolute atomic E-state index is 10.9. The van der Waals surface area contributed by atoms with Crippen LogP contribution in [0.5, 0.6) is 5.75 Å². The highest BCUT2D eigenvalue weighted by molar-refractivity contribution is 9.10. The standard InChI is InChI=1S/C11H10BrN3O2/c1-17-10-3-2-6(4-7(10)12)8-5-9(11(13)16)15-14-8/h2-5H,1H3,(H2,13,16)(H,14,15). The molecule has 0 aliphatic carbocycles. The summed E-state index contributed by atoms with van der Waals surface area (Å²) in [7, 11) is 1.60. The van der Waals surface area contributed by atoms with Gasteiger partial charge in [-0.15, -0.1) is 0 Å². The third-order valence-corrected chi connectivity index (χ3v) is 2.91. The number of carbonyl (C=O) groups is 1. The molecule has 1 amide bonds. The fourth-order valence-electron chi connectivity index (χ4n) is 1.42. The maximum Gasteiger partial charge on any atom is 0.266 e. The lowest BCUT2D eigenvalue weighted by atomic mass is 10.1. The van der Waals surface area contributed by atoms with Gasteiger partial charge in [-0.05, 0) is 40.2 Å². The van der Waals surface area contributed by atoms with Crippen molar-refractivity contribution in [1.29, 1.82) is 0 Å². The van der Waals surface area contributed by atoms with Crippen LogP contribution in [0.3, 0.4) is 0 Å². The van der Waals surface area contributed by atoms with Gasteiger partial charge in [-0.1, -0.05) is 0 Å². The topological polar surface area (TPSA) is 81.0 Å². The van der Waals surface area contributed by atoms with Crippen molar-refractivity contribution in [2.24, 2.45) is 5.73 Å². The largest absolute Gasteiger partial charge is 0.496 e. The SMILES string of the molecule is COc1ccc(-c2cc(C(N)=O)[nH]n2)cc1Br. The summed E-state index contributed by atoms with van der Waals surface area (Å²) < 4.78 is 5.95. The molecule has 0 radical (unpaired) electrons. The lowest BCUT2D eigenvalue weighted by molar-refractivity contribution is 0.0995. The van der Waals surface area contributed by atoms with Gasteiger partial charge in [-0.25, -0.2) is 0 Å². The number of aromatic nitrogens is 2. The minimum atomic E-state index is -0.531. The van der Waals surface area contributed by atoms with E-state index in [0.29, 0.717) is 5.69 Å². The first-order valence-electron chi connectivity index (χ1n) is 4.81. The quantitative estimate of drug-likeness (QED) is 0.908. The molecular weight excluding hydrogens is 286 g/mol. The zero-order valence-corrected chi connectivity index (χ0v) is 10.6. The summed E-state index contributed by atoms with van der Waals surface area (Å²) >= 11 is 3.39. The van der Waals surface area contributed by atoms with Crippen LogP contribution >= 0.6 is 15.9 Å². The Bertz CT molecular complexity index is 566. The van der Waals surface area contributed by atoms with E-state index in [1.54, 1.807) is 13.2 Å². The molecule has 5 nitrogen and oxygen atoms in total. The molecule has 0 atom stereocenters. The molecule has 0 saturated carbocycles. The number of halogens is 1. The van der Waals surface area contributed by atoms with Gasteiger partial charge in [0, 0.05) is 5.56 Å². The Labute approximate surface area is 106 Å². The first-order valence-corrected chi connectivity index (χ1v) is 5.60. The molecule has 0 spiro atoms. The number of H-pyrrole nitrogens is 1. The van der Waals surface area contributed by atoms with Crippen molar-refractivity contribution >= 4 is 21.8 Å². The van der Waals surface area contributed by atoms with Crippen molar-refractivity contribution in [3.8, 4) is 17.0 Å². The molecular formula is C11H10BrN3O2. The van der Waals surface area contributed by atoms with Gasteiger partial charge in [0.1, 0.15) is 11.4 Å². The molecule has 0 bridgehead atoms. The second-order valence-corrected chi connectivity index (χ2v) is 4.23. The second-order valence-electron chi connectivity index (χ2n) is 3.38. The van der Waals surface area contributed by atoms with E-state index in [9.17, 15) is 4.79 Å². The number of amides is 1. The van der Waals surface area contributed by atoms with E-state index in [2.05, 4.69) is 26.1 Å². The Morgan fingerprint density at radius 2 is 2.24 bits per heavy atom. The van der Waals surface area contributed by atoms with Crippen LogP contribution in [0.1, 0.15) is 10.5 Å². The van der Waals surface area contributed by atoms with E-state index in [4.69, 9.17) is 10.5 Å². The van der Waals surface area contributed by atoms with Crippen molar-refractivity contribution < 1.29 is 9.53 Å². The number of hydrogen-bond acceptors (Lipinski definition) is 3. The highest BCUT2D eigenvalue weighted by Gasteiger charge is 2.09. The van der Waals surface area contributed by atoms with Gasteiger partial charge in [0.05, 0.1) is 17.3 Å². The number of methoxy groups -OCH3 is 1. The Balaban J connectivity index is 2.39. The first kappa shape index (κ1) is 11.7. The van der Waals surface area contributed by atoms with Gasteiger partial charge in [0.2, 0.25) is 0 Å². The number of benzene rings is 1. The molecule has 1 heterocycles. The van der Waals surface area contributed by atoms with Crippen LogP contribution in [0.4, 0.5) is 0 Å². The summed E-state index contributed by atoms with van der Waals surface area (Å²) in [6.07, 6.45) is 0. The van der Waals surface area contributed by atoms with Crippen LogP contribution < -0.4 is 10.5 Å². The third kappa shape index (κ3) is 2.31. The highest BCUT2D eigenvalue weighted by atomic mass is 79.9. The van der Waals surface area contributed by atoms with E-state index in [1.807, 2.05) is 18.2 Å². The Kier molecular flexibility index (Phi) is 3.14. The number of aromatic amines is 1. The Morgan fingerprint density at radius 1 is 1.47 bits per heavy atom. The molecule has 3 N–H and O–H groups in total. The zero-order valence-electron chi connectivity index (χ0n) is 9.03. The monoisotopic (exact) mass is 295 g/mol. The van der Waals surface area contributed by atoms with Gasteiger partial charge in [-0.2, -0.15) is 5.10 Å². The van der Waals surface area contributed by atoms with Crippen molar-refractivity contribution in [3.05, 3.63) is 34.4 Å². The molecule has 0 aliphatic rings. The van der Waals surface area contributed by atoms with E-state index in [1.165, 1.54) is 0 Å². The van der Waals surface area contributed by atoms with Crippen molar-refractivity contribution in [2.75, 3.05) is 7.11 Å². The minimum Gasteiger partial charge on any atom is -0.496 e. The second kappa shape index (κ2) is 4.58. The lowest BCUT2D eigenvalue weighted by Gasteiger charge is -2.04. The van der Waals surface area contributed by atoms with Gasteiger partial charge < -0.3 is 10.5 Å². The van der Waals surface area contributed by atoms with E-state index in [0.717, 1.165) is 15.8 Å². The molecule has 0 saturated heterocycles. The molecule has 1 aromatic heterocycles. The molecule has 1 aromatic carbocycles. The predicted octanol–water partition coefficient (Wildman–Crippen LogP) is 1.95. The summed E-state index contributed by atoms with van der Waals surface area (Å²) in [5.74, 6) is 0.204. The number of nitrogens with two attached hydrogens (primary N) is 1. The van der Waals surface area contributed by atoms with Crippen LogP contribution in [0.25, 0.3) is 11.3 Å². The molecule has 17 heavy (non-hydrogen) atoms. The Morgan fingerprint density at radius 3 is 2.76 bits per heavy atom. The van der Waals surface area contributed by atoms with Crippen LogP contribution in [-0.4, -0.2) is 23.2 Å². The van der Waals surface area contributed by atoms with Gasteiger partial charge in [-0.3, -0.25) is 9.89 Å². The first-order chi connectivity index (χ1) is 8.11. The van der Waals surface area contributed by atoms with Gasteiger partial charge >= 0.3 is 0 Å². The number of ether oxygens (including phenoxy) is 1. The average molecular weight is 296 g/mol. The van der Waals surface area contributed by atoms with Gasteiger partial charge in [0.25, 0.3) is 5.91 Å². The van der Waals surface area contributed by atoms with Crippen LogP contribution in [0.2, 0.25) is 0 Å². The number of carbonyl (C=O) groups excluding carboxylic acids is 1. The third-order valence-electron chi connectivity index (χ3n) is 2.29. The van der Waals surface area contributed by atoms with Crippen LogP contribution in [-0.2, 0) is 0 Å². The van der Waals surface area contributed by atoms with Crippen LogP contribution in [0.15, 0.2) is 28.7 Å². The van der Waals surface area contributed by atoms with E-state index >= 15 is 0 Å². The highest BCUT2D eigenvalue weighted by Crippen LogP contribution is 2.29. The summed E-state index contributed by atoms with van der Waals surface area (Å²) in [6, 6.07) is 7.14. The molecule has 6 heteroatoms. The fraction of sp³-hybridized carbons (Fsp3) is 0.0909. The summed E-state index contributed by atoms with van der Waals surface area (Å²) in [4.78, 5) is 10.9. The Hall–Kier alpha value is -1.82. The number of rotatable bonds is 3. The van der Waals surface area contributed by atoms with E-state index in [-0.39, 0.29) is 5.69 Å². The van der Waals surface area contributed by atoms with Crippen molar-refractivity contribution in [2.45, 2.75) is 0 Å². The molecule has 88 valence electrons. The maximum atomic E-state index is 10.9. The summed E-state index contributed by atoms with van der Waals surface area (Å²) in [5.41, 5.74) is 6.94. The molecule has 0 aliphatic heterocycles. The van der Waals surface area contributed by atoms with Crippen molar-refractivity contribution in [3.63, 3.8) is 0 Å². The average Bonchev–Trinajstić information content (AvgIpc) is 2.78. The molecule has 2 rings (SSSR count). The molecule has 2 aromatic rings. The molecule has 0 unspecified atom stereocenters. The van der Waals surface area contributed by atoms with E-state index < -0.39 is 5.91 Å².